The Morgan fingerprint density at radius 1 is 1.60 bits per heavy atom. The van der Waals surface area contributed by atoms with Gasteiger partial charge in [-0.3, -0.25) is 0 Å². The van der Waals surface area contributed by atoms with Crippen LogP contribution in [0.5, 0.6) is 0 Å². The molecule has 0 heterocycles. The van der Waals surface area contributed by atoms with E-state index in [-0.39, 0.29) is 6.54 Å². The first-order chi connectivity index (χ1) is 7.27. The van der Waals surface area contributed by atoms with Crippen LogP contribution in [0.2, 0.25) is 0 Å². The molecule has 0 aromatic heterocycles. The van der Waals surface area contributed by atoms with Gasteiger partial charge in [0, 0.05) is 11.5 Å². The summed E-state index contributed by atoms with van der Waals surface area (Å²) < 4.78 is 12.8. The predicted molar refractivity (Wildman–Crippen MR) is 54.2 cm³/mol. The van der Waals surface area contributed by atoms with E-state index in [2.05, 4.69) is 10.0 Å². The van der Waals surface area contributed by atoms with E-state index in [1.165, 1.54) is 18.2 Å². The van der Waals surface area contributed by atoms with Crippen molar-refractivity contribution in [3.63, 3.8) is 0 Å². The van der Waals surface area contributed by atoms with E-state index in [9.17, 15) is 4.39 Å². The van der Waals surface area contributed by atoms with Crippen LogP contribution in [0.15, 0.2) is 29.4 Å². The van der Waals surface area contributed by atoms with Crippen LogP contribution >= 0.6 is 0 Å². The lowest BCUT2D eigenvalue weighted by molar-refractivity contribution is 0.627. The van der Waals surface area contributed by atoms with Gasteiger partial charge in [-0.2, -0.15) is 5.26 Å². The number of hydrogen-bond donors (Lipinski definition) is 0. The highest BCUT2D eigenvalue weighted by molar-refractivity contribution is 5.58. The highest BCUT2D eigenvalue weighted by atomic mass is 19.1. The Morgan fingerprint density at radius 3 is 3.07 bits per heavy atom. The molecule has 15 heavy (non-hydrogen) atoms. The van der Waals surface area contributed by atoms with Crippen molar-refractivity contribution in [1.29, 1.82) is 5.26 Å². The van der Waals surface area contributed by atoms with Crippen molar-refractivity contribution in [2.45, 2.75) is 0 Å². The first-order valence-corrected chi connectivity index (χ1v) is 4.15. The number of hydrogen-bond acceptors (Lipinski definition) is 2. The van der Waals surface area contributed by atoms with E-state index >= 15 is 0 Å². The molecule has 5 heteroatoms. The van der Waals surface area contributed by atoms with E-state index in [1.54, 1.807) is 12.2 Å². The maximum atomic E-state index is 12.8. The van der Waals surface area contributed by atoms with Crippen LogP contribution in [0, 0.1) is 17.1 Å². The predicted octanol–water partition coefficient (Wildman–Crippen LogP) is 3.02. The summed E-state index contributed by atoms with van der Waals surface area (Å²) >= 11 is 0. The molecule has 0 amide bonds. The maximum absolute atomic E-state index is 12.8. The molecule has 0 spiro atoms. The van der Waals surface area contributed by atoms with Crippen LogP contribution in [0.3, 0.4) is 0 Å². The zero-order chi connectivity index (χ0) is 11.1. The van der Waals surface area contributed by atoms with Crippen molar-refractivity contribution in [2.24, 2.45) is 5.11 Å². The molecule has 0 radical (unpaired) electrons. The zero-order valence-electron chi connectivity index (χ0n) is 7.76. The number of nitrogens with zero attached hydrogens (tertiary/aromatic N) is 4. The van der Waals surface area contributed by atoms with Crippen LogP contribution in [0.1, 0.15) is 11.1 Å². The molecule has 1 aromatic carbocycles. The fourth-order valence-electron chi connectivity index (χ4n) is 1.04. The summed E-state index contributed by atoms with van der Waals surface area (Å²) in [4.78, 5) is 2.56. The molecule has 0 aliphatic heterocycles. The first kappa shape index (κ1) is 10.8. The van der Waals surface area contributed by atoms with Crippen molar-refractivity contribution in [3.05, 3.63) is 51.7 Å². The smallest absolute Gasteiger partial charge is 0.123 e. The lowest BCUT2D eigenvalue weighted by atomic mass is 10.1. The lowest BCUT2D eigenvalue weighted by Gasteiger charge is -1.96. The number of azide groups is 1. The largest absolute Gasteiger partial charge is 0.207 e. The van der Waals surface area contributed by atoms with Crippen molar-refractivity contribution in [3.8, 4) is 6.07 Å². The second kappa shape index (κ2) is 5.43. The molecule has 4 nitrogen and oxygen atoms in total. The summed E-state index contributed by atoms with van der Waals surface area (Å²) in [5.41, 5.74) is 8.88. The summed E-state index contributed by atoms with van der Waals surface area (Å²) in [5.74, 6) is -0.405. The highest BCUT2D eigenvalue weighted by Gasteiger charge is 1.99. The highest BCUT2D eigenvalue weighted by Crippen LogP contribution is 2.11. The Balaban J connectivity index is 2.93. The molecule has 0 fully saturated rings. The third kappa shape index (κ3) is 3.14. The Morgan fingerprint density at radius 2 is 2.40 bits per heavy atom. The SMILES string of the molecule is N#Cc1ccc(F)cc1C=CCN=[N+]=[N-]. The Hall–Kier alpha value is -2.31. The van der Waals surface area contributed by atoms with Crippen molar-refractivity contribution < 1.29 is 4.39 Å². The van der Waals surface area contributed by atoms with Crippen LogP contribution in [-0.2, 0) is 0 Å². The van der Waals surface area contributed by atoms with E-state index in [1.807, 2.05) is 6.07 Å². The fraction of sp³-hybridized carbons (Fsp3) is 0.100. The number of benzene rings is 1. The number of nitriles is 1. The lowest BCUT2D eigenvalue weighted by Crippen LogP contribution is -1.84. The van der Waals surface area contributed by atoms with E-state index in [0.29, 0.717) is 11.1 Å². The molecular formula is C10H7FN4. The second-order valence-corrected chi connectivity index (χ2v) is 2.66. The van der Waals surface area contributed by atoms with Gasteiger partial charge in [-0.15, -0.1) is 0 Å². The minimum atomic E-state index is -0.405. The van der Waals surface area contributed by atoms with E-state index in [4.69, 9.17) is 10.8 Å². The molecule has 1 rings (SSSR count). The third-order valence-electron chi connectivity index (χ3n) is 1.68. The Bertz CT molecular complexity index is 467. The van der Waals surface area contributed by atoms with Gasteiger partial charge >= 0.3 is 0 Å². The molecule has 1 aromatic rings. The molecule has 0 atom stereocenters. The van der Waals surface area contributed by atoms with Crippen molar-refractivity contribution in [2.75, 3.05) is 6.54 Å². The zero-order valence-corrected chi connectivity index (χ0v) is 7.76. The Labute approximate surface area is 85.9 Å². The molecule has 0 aliphatic rings. The van der Waals surface area contributed by atoms with E-state index < -0.39 is 5.82 Å². The first-order valence-electron chi connectivity index (χ1n) is 4.15. The van der Waals surface area contributed by atoms with Crippen molar-refractivity contribution in [1.82, 2.24) is 0 Å². The molecule has 0 unspecified atom stereocenters. The third-order valence-corrected chi connectivity index (χ3v) is 1.68. The topological polar surface area (TPSA) is 72.5 Å². The monoisotopic (exact) mass is 202 g/mol. The average molecular weight is 202 g/mol. The number of rotatable bonds is 3. The van der Waals surface area contributed by atoms with Gasteiger partial charge in [0.25, 0.3) is 0 Å². The summed E-state index contributed by atoms with van der Waals surface area (Å²) in [7, 11) is 0. The van der Waals surface area contributed by atoms with Gasteiger partial charge < -0.3 is 0 Å². The van der Waals surface area contributed by atoms with Crippen LogP contribution in [0.4, 0.5) is 4.39 Å². The van der Waals surface area contributed by atoms with Crippen molar-refractivity contribution >= 4 is 6.08 Å². The summed E-state index contributed by atoms with van der Waals surface area (Å²) in [5, 5.41) is 12.0. The molecule has 0 saturated heterocycles. The average Bonchev–Trinajstić information content (AvgIpc) is 2.25. The van der Waals surface area contributed by atoms with Gasteiger partial charge in [-0.25, -0.2) is 4.39 Å². The normalized spacial score (nSPS) is 9.60. The molecule has 0 saturated carbocycles. The molecule has 0 N–H and O–H groups in total. The second-order valence-electron chi connectivity index (χ2n) is 2.66. The number of halogens is 1. The maximum Gasteiger partial charge on any atom is 0.123 e. The molecular weight excluding hydrogens is 195 g/mol. The fourth-order valence-corrected chi connectivity index (χ4v) is 1.04. The minimum Gasteiger partial charge on any atom is -0.207 e. The summed E-state index contributed by atoms with van der Waals surface area (Å²) in [6.45, 7) is 0.178. The van der Waals surface area contributed by atoms with Gasteiger partial charge in [0.2, 0.25) is 0 Å². The van der Waals surface area contributed by atoms with Gasteiger partial charge in [-0.1, -0.05) is 17.3 Å². The van der Waals surface area contributed by atoms with E-state index in [0.717, 1.165) is 0 Å². The summed E-state index contributed by atoms with van der Waals surface area (Å²) in [6, 6.07) is 5.83. The standard InChI is InChI=1S/C10H7FN4/c11-10-4-3-9(7-12)8(6-10)2-1-5-14-15-13/h1-4,6H,5H2. The molecule has 74 valence electrons. The molecule has 0 aliphatic carbocycles. The van der Waals surface area contributed by atoms with Gasteiger partial charge in [0.1, 0.15) is 5.82 Å². The van der Waals surface area contributed by atoms with Gasteiger partial charge in [0.05, 0.1) is 11.6 Å². The summed E-state index contributed by atoms with van der Waals surface area (Å²) in [6.07, 6.45) is 3.12. The Kier molecular flexibility index (Phi) is 3.90. The van der Waals surface area contributed by atoms with Gasteiger partial charge in [-0.05, 0) is 29.3 Å². The quantitative estimate of drug-likeness (QED) is 0.421. The minimum absolute atomic E-state index is 0.178. The molecule has 0 bridgehead atoms. The van der Waals surface area contributed by atoms with Gasteiger partial charge in [0.15, 0.2) is 0 Å². The van der Waals surface area contributed by atoms with Crippen LogP contribution in [-0.4, -0.2) is 6.54 Å². The van der Waals surface area contributed by atoms with Crippen LogP contribution in [0.25, 0.3) is 16.5 Å². The van der Waals surface area contributed by atoms with Crippen LogP contribution < -0.4 is 0 Å².